The minimum absolute atomic E-state index is 0.0245. The van der Waals surface area contributed by atoms with Gasteiger partial charge in [-0.05, 0) is 42.5 Å². The zero-order valence-corrected chi connectivity index (χ0v) is 14.9. The molecule has 2 N–H and O–H groups in total. The van der Waals surface area contributed by atoms with E-state index in [1.54, 1.807) is 18.2 Å². The molecular formula is C19H20FNO6. The zero-order chi connectivity index (χ0) is 19.8. The number of nitrogens with one attached hydrogen (secondary N) is 1. The highest BCUT2D eigenvalue weighted by Gasteiger charge is 2.21. The van der Waals surface area contributed by atoms with Crippen LogP contribution in [0.4, 0.5) is 4.39 Å². The van der Waals surface area contributed by atoms with Crippen LogP contribution in [0.25, 0.3) is 0 Å². The van der Waals surface area contributed by atoms with Gasteiger partial charge in [-0.1, -0.05) is 0 Å². The molecule has 0 saturated carbocycles. The van der Waals surface area contributed by atoms with Crippen molar-refractivity contribution in [1.82, 2.24) is 5.32 Å². The largest absolute Gasteiger partial charge is 0.497 e. The molecule has 0 aliphatic rings. The number of carbonyl (C=O) groups excluding carboxylic acids is 1. The van der Waals surface area contributed by atoms with Crippen molar-refractivity contribution in [1.29, 1.82) is 0 Å². The third kappa shape index (κ3) is 5.88. The van der Waals surface area contributed by atoms with Crippen molar-refractivity contribution in [3.63, 3.8) is 0 Å². The van der Waals surface area contributed by atoms with Crippen LogP contribution < -0.4 is 19.5 Å². The van der Waals surface area contributed by atoms with Gasteiger partial charge in [-0.2, -0.15) is 0 Å². The van der Waals surface area contributed by atoms with Gasteiger partial charge >= 0.3 is 5.97 Å². The summed E-state index contributed by atoms with van der Waals surface area (Å²) >= 11 is 0. The molecule has 0 aliphatic heterocycles. The summed E-state index contributed by atoms with van der Waals surface area (Å²) in [5.74, 6) is -0.846. The fourth-order valence-electron chi connectivity index (χ4n) is 2.32. The summed E-state index contributed by atoms with van der Waals surface area (Å²) in [5.41, 5.74) is 0.598. The number of benzene rings is 2. The summed E-state index contributed by atoms with van der Waals surface area (Å²) in [4.78, 5) is 23.5. The summed E-state index contributed by atoms with van der Waals surface area (Å²) in [7, 11) is 3.00. The first-order chi connectivity index (χ1) is 12.9. The first kappa shape index (κ1) is 20.0. The van der Waals surface area contributed by atoms with Crippen LogP contribution in [-0.4, -0.2) is 43.9 Å². The molecule has 27 heavy (non-hydrogen) atoms. The lowest BCUT2D eigenvalue weighted by Crippen LogP contribution is -2.40. The summed E-state index contributed by atoms with van der Waals surface area (Å²) in [6, 6.07) is 9.99. The van der Waals surface area contributed by atoms with E-state index in [-0.39, 0.29) is 18.7 Å². The van der Waals surface area contributed by atoms with Crippen LogP contribution >= 0.6 is 0 Å². The van der Waals surface area contributed by atoms with Crippen molar-refractivity contribution in [2.75, 3.05) is 20.8 Å². The molecule has 2 aromatic rings. The van der Waals surface area contributed by atoms with Gasteiger partial charge in [0.05, 0.1) is 27.2 Å². The molecule has 1 amide bonds. The van der Waals surface area contributed by atoms with Gasteiger partial charge in [-0.3, -0.25) is 4.79 Å². The average molecular weight is 377 g/mol. The first-order valence-corrected chi connectivity index (χ1v) is 8.05. The predicted molar refractivity (Wildman–Crippen MR) is 94.7 cm³/mol. The second-order valence-corrected chi connectivity index (χ2v) is 5.56. The Balaban J connectivity index is 1.97. The number of hydrogen-bond acceptors (Lipinski definition) is 5. The van der Waals surface area contributed by atoms with E-state index in [0.29, 0.717) is 17.1 Å². The van der Waals surface area contributed by atoms with Crippen molar-refractivity contribution in [3.05, 3.63) is 53.8 Å². The first-order valence-electron chi connectivity index (χ1n) is 8.05. The number of halogens is 1. The van der Waals surface area contributed by atoms with Gasteiger partial charge in [0.15, 0.2) is 0 Å². The van der Waals surface area contributed by atoms with Crippen molar-refractivity contribution in [2.45, 2.75) is 12.5 Å². The van der Waals surface area contributed by atoms with E-state index in [4.69, 9.17) is 14.2 Å². The zero-order valence-electron chi connectivity index (χ0n) is 14.9. The third-order valence-corrected chi connectivity index (χ3v) is 3.69. The van der Waals surface area contributed by atoms with Crippen LogP contribution in [0.2, 0.25) is 0 Å². The highest BCUT2D eigenvalue weighted by molar-refractivity contribution is 5.81. The standard InChI is InChI=1S/C19H20FNO6/c1-25-15-7-8-16(26-2)12(9-15)10-18(22)21-11-17(19(23)24)27-14-5-3-13(20)4-6-14/h3-9,17H,10-11H2,1-2H3,(H,21,22)(H,23,24). The maximum absolute atomic E-state index is 12.9. The van der Waals surface area contributed by atoms with Crippen LogP contribution in [0.3, 0.4) is 0 Å². The lowest BCUT2D eigenvalue weighted by atomic mass is 10.1. The van der Waals surface area contributed by atoms with E-state index >= 15 is 0 Å². The van der Waals surface area contributed by atoms with Crippen LogP contribution in [-0.2, 0) is 16.0 Å². The number of ether oxygens (including phenoxy) is 3. The van der Waals surface area contributed by atoms with E-state index in [1.165, 1.54) is 26.4 Å². The number of aliphatic carboxylic acids is 1. The topological polar surface area (TPSA) is 94.1 Å². The van der Waals surface area contributed by atoms with E-state index in [9.17, 15) is 19.1 Å². The van der Waals surface area contributed by atoms with Crippen LogP contribution in [0.1, 0.15) is 5.56 Å². The maximum Gasteiger partial charge on any atom is 0.346 e. The Morgan fingerprint density at radius 3 is 2.33 bits per heavy atom. The van der Waals surface area contributed by atoms with E-state index in [1.807, 2.05) is 0 Å². The Morgan fingerprint density at radius 1 is 1.07 bits per heavy atom. The molecule has 2 rings (SSSR count). The molecule has 0 aliphatic carbocycles. The number of amides is 1. The molecule has 0 bridgehead atoms. The number of hydrogen-bond donors (Lipinski definition) is 2. The minimum Gasteiger partial charge on any atom is -0.497 e. The van der Waals surface area contributed by atoms with Crippen molar-refractivity contribution in [2.24, 2.45) is 0 Å². The van der Waals surface area contributed by atoms with Crippen molar-refractivity contribution >= 4 is 11.9 Å². The fourth-order valence-corrected chi connectivity index (χ4v) is 2.32. The van der Waals surface area contributed by atoms with Crippen LogP contribution in [0, 0.1) is 5.82 Å². The number of carbonyl (C=O) groups is 2. The molecule has 0 fully saturated rings. The van der Waals surface area contributed by atoms with Gasteiger partial charge in [0, 0.05) is 5.56 Å². The highest BCUT2D eigenvalue weighted by Crippen LogP contribution is 2.24. The second-order valence-electron chi connectivity index (χ2n) is 5.56. The Hall–Kier alpha value is -3.29. The lowest BCUT2D eigenvalue weighted by Gasteiger charge is -2.16. The van der Waals surface area contributed by atoms with Crippen molar-refractivity contribution in [3.8, 4) is 17.2 Å². The Bertz CT molecular complexity index is 793. The van der Waals surface area contributed by atoms with Gasteiger partial charge in [0.2, 0.25) is 12.0 Å². The molecule has 0 radical (unpaired) electrons. The Kier molecular flexibility index (Phi) is 6.99. The van der Waals surface area contributed by atoms with Crippen molar-refractivity contribution < 1.29 is 33.3 Å². The van der Waals surface area contributed by atoms with E-state index in [2.05, 4.69) is 5.32 Å². The maximum atomic E-state index is 12.9. The number of carboxylic acid groups (broad SMARTS) is 1. The lowest BCUT2D eigenvalue weighted by molar-refractivity contribution is -0.145. The molecule has 0 heterocycles. The Morgan fingerprint density at radius 2 is 1.74 bits per heavy atom. The molecule has 7 nitrogen and oxygen atoms in total. The third-order valence-electron chi connectivity index (χ3n) is 3.69. The quantitative estimate of drug-likeness (QED) is 0.695. The van der Waals surface area contributed by atoms with Crippen LogP contribution in [0.15, 0.2) is 42.5 Å². The van der Waals surface area contributed by atoms with Gasteiger partial charge in [-0.25, -0.2) is 9.18 Å². The van der Waals surface area contributed by atoms with E-state index in [0.717, 1.165) is 12.1 Å². The molecule has 8 heteroatoms. The van der Waals surface area contributed by atoms with Gasteiger partial charge in [-0.15, -0.1) is 0 Å². The SMILES string of the molecule is COc1ccc(OC)c(CC(=O)NCC(Oc2ccc(F)cc2)C(=O)O)c1. The smallest absolute Gasteiger partial charge is 0.346 e. The van der Waals surface area contributed by atoms with Gasteiger partial charge < -0.3 is 24.6 Å². The molecule has 2 aromatic carbocycles. The van der Waals surface area contributed by atoms with Gasteiger partial charge in [0.25, 0.3) is 0 Å². The molecule has 1 atom stereocenters. The predicted octanol–water partition coefficient (Wildman–Crippen LogP) is 2.03. The summed E-state index contributed by atoms with van der Waals surface area (Å²) in [5, 5.41) is 11.8. The Labute approximate surface area is 155 Å². The summed E-state index contributed by atoms with van der Waals surface area (Å²) < 4.78 is 28.5. The summed E-state index contributed by atoms with van der Waals surface area (Å²) in [6.45, 7) is -0.252. The molecular weight excluding hydrogens is 357 g/mol. The number of rotatable bonds is 9. The highest BCUT2D eigenvalue weighted by atomic mass is 19.1. The normalized spacial score (nSPS) is 11.4. The van der Waals surface area contributed by atoms with Crippen LogP contribution in [0.5, 0.6) is 17.2 Å². The fraction of sp³-hybridized carbons (Fsp3) is 0.263. The summed E-state index contributed by atoms with van der Waals surface area (Å²) in [6.07, 6.45) is -1.34. The molecule has 0 spiro atoms. The number of carboxylic acids is 1. The average Bonchev–Trinajstić information content (AvgIpc) is 2.66. The molecule has 1 unspecified atom stereocenters. The molecule has 144 valence electrons. The minimum atomic E-state index is -1.31. The molecule has 0 saturated heterocycles. The molecule has 0 aromatic heterocycles. The second kappa shape index (κ2) is 9.42. The van der Waals surface area contributed by atoms with Gasteiger partial charge in [0.1, 0.15) is 23.1 Å². The van der Waals surface area contributed by atoms with E-state index < -0.39 is 23.8 Å². The number of methoxy groups -OCH3 is 2. The monoisotopic (exact) mass is 377 g/mol.